The lowest BCUT2D eigenvalue weighted by molar-refractivity contribution is -0.142. The lowest BCUT2D eigenvalue weighted by atomic mass is 10.0. The number of hydrogen-bond donors (Lipinski definition) is 1. The van der Waals surface area contributed by atoms with Crippen molar-refractivity contribution < 1.29 is 9.53 Å². The van der Waals surface area contributed by atoms with E-state index in [2.05, 4.69) is 44.9 Å². The zero-order valence-corrected chi connectivity index (χ0v) is 13.0. The SMILES string of the molecule is COC(=O)[C@@H](N)CCCc1ccc2ccccc2c1Br. The Hall–Kier alpha value is -1.39. The molecule has 0 radical (unpaired) electrons. The largest absolute Gasteiger partial charge is 0.468 e. The molecule has 0 fully saturated rings. The molecule has 0 spiro atoms. The summed E-state index contributed by atoms with van der Waals surface area (Å²) in [4.78, 5) is 11.2. The number of carbonyl (C=O) groups is 1. The molecule has 0 aliphatic carbocycles. The van der Waals surface area contributed by atoms with E-state index in [1.54, 1.807) is 0 Å². The summed E-state index contributed by atoms with van der Waals surface area (Å²) in [5, 5.41) is 2.43. The molecule has 0 heterocycles. The number of fused-ring (bicyclic) bond motifs is 1. The van der Waals surface area contributed by atoms with E-state index in [1.807, 2.05) is 12.1 Å². The van der Waals surface area contributed by atoms with Gasteiger partial charge in [0.2, 0.25) is 0 Å². The summed E-state index contributed by atoms with van der Waals surface area (Å²) in [5.41, 5.74) is 6.97. The first-order valence-corrected chi connectivity index (χ1v) is 7.42. The lowest BCUT2D eigenvalue weighted by Crippen LogP contribution is -2.31. The van der Waals surface area contributed by atoms with Crippen LogP contribution in [0, 0.1) is 0 Å². The highest BCUT2D eigenvalue weighted by Crippen LogP contribution is 2.28. The van der Waals surface area contributed by atoms with E-state index in [0.29, 0.717) is 6.42 Å². The molecule has 3 nitrogen and oxygen atoms in total. The zero-order valence-electron chi connectivity index (χ0n) is 11.4. The Morgan fingerprint density at radius 1 is 1.30 bits per heavy atom. The molecule has 0 saturated carbocycles. The lowest BCUT2D eigenvalue weighted by Gasteiger charge is -2.11. The fourth-order valence-electron chi connectivity index (χ4n) is 2.25. The number of ether oxygens (including phenoxy) is 1. The summed E-state index contributed by atoms with van der Waals surface area (Å²) in [6, 6.07) is 12.0. The molecular formula is C16H18BrNO2. The number of aryl methyl sites for hydroxylation is 1. The van der Waals surface area contributed by atoms with Gasteiger partial charge in [-0.2, -0.15) is 0 Å². The number of carbonyl (C=O) groups excluding carboxylic acids is 1. The smallest absolute Gasteiger partial charge is 0.322 e. The molecule has 0 aliphatic heterocycles. The van der Waals surface area contributed by atoms with E-state index < -0.39 is 6.04 Å². The summed E-state index contributed by atoms with van der Waals surface area (Å²) in [5.74, 6) is -0.345. The fourth-order valence-corrected chi connectivity index (χ4v) is 2.94. The highest BCUT2D eigenvalue weighted by molar-refractivity contribution is 9.10. The van der Waals surface area contributed by atoms with E-state index in [4.69, 9.17) is 5.73 Å². The predicted octanol–water partition coefficient (Wildman–Crippen LogP) is 3.43. The van der Waals surface area contributed by atoms with Crippen molar-refractivity contribution in [1.82, 2.24) is 0 Å². The highest BCUT2D eigenvalue weighted by atomic mass is 79.9. The number of nitrogens with two attached hydrogens (primary N) is 1. The number of methoxy groups -OCH3 is 1. The molecule has 0 amide bonds. The van der Waals surface area contributed by atoms with Crippen molar-refractivity contribution in [2.45, 2.75) is 25.3 Å². The number of rotatable bonds is 5. The Morgan fingerprint density at radius 3 is 2.80 bits per heavy atom. The maximum absolute atomic E-state index is 11.2. The van der Waals surface area contributed by atoms with Crippen LogP contribution in [0.4, 0.5) is 0 Å². The maximum atomic E-state index is 11.2. The van der Waals surface area contributed by atoms with Crippen LogP contribution < -0.4 is 5.73 Å². The second kappa shape index (κ2) is 6.86. The Morgan fingerprint density at radius 2 is 2.05 bits per heavy atom. The number of benzene rings is 2. The summed E-state index contributed by atoms with van der Waals surface area (Å²) >= 11 is 3.67. The summed E-state index contributed by atoms with van der Waals surface area (Å²) in [6.45, 7) is 0. The highest BCUT2D eigenvalue weighted by Gasteiger charge is 2.13. The Kier molecular flexibility index (Phi) is 5.15. The van der Waals surface area contributed by atoms with Crippen LogP contribution in [0.3, 0.4) is 0 Å². The number of hydrogen-bond acceptors (Lipinski definition) is 3. The average molecular weight is 336 g/mol. The van der Waals surface area contributed by atoms with Gasteiger partial charge in [0.1, 0.15) is 6.04 Å². The number of halogens is 1. The molecule has 4 heteroatoms. The molecule has 0 aliphatic rings. The van der Waals surface area contributed by atoms with Crippen molar-refractivity contribution in [1.29, 1.82) is 0 Å². The van der Waals surface area contributed by atoms with Gasteiger partial charge in [0.25, 0.3) is 0 Å². The molecule has 0 unspecified atom stereocenters. The molecule has 2 N–H and O–H groups in total. The van der Waals surface area contributed by atoms with Crippen molar-refractivity contribution >= 4 is 32.7 Å². The third-order valence-corrected chi connectivity index (χ3v) is 4.34. The minimum atomic E-state index is -0.528. The predicted molar refractivity (Wildman–Crippen MR) is 84.6 cm³/mol. The summed E-state index contributed by atoms with van der Waals surface area (Å²) in [6.07, 6.45) is 2.37. The van der Waals surface area contributed by atoms with Gasteiger partial charge in [0.15, 0.2) is 0 Å². The molecule has 2 aromatic carbocycles. The molecule has 106 valence electrons. The minimum Gasteiger partial charge on any atom is -0.468 e. The number of esters is 1. The van der Waals surface area contributed by atoms with Gasteiger partial charge in [-0.05, 0) is 51.5 Å². The minimum absolute atomic E-state index is 0.345. The van der Waals surface area contributed by atoms with Gasteiger partial charge in [-0.3, -0.25) is 4.79 Å². The molecule has 2 aromatic rings. The second-order valence-corrected chi connectivity index (χ2v) is 5.57. The topological polar surface area (TPSA) is 52.3 Å². The molecule has 20 heavy (non-hydrogen) atoms. The Bertz CT molecular complexity index is 612. The van der Waals surface area contributed by atoms with E-state index >= 15 is 0 Å². The van der Waals surface area contributed by atoms with Crippen LogP contribution >= 0.6 is 15.9 Å². The van der Waals surface area contributed by atoms with Gasteiger partial charge in [0, 0.05) is 4.47 Å². The molecule has 0 aromatic heterocycles. The van der Waals surface area contributed by atoms with Crippen molar-refractivity contribution in [3.05, 3.63) is 46.4 Å². The van der Waals surface area contributed by atoms with E-state index in [-0.39, 0.29) is 5.97 Å². The van der Waals surface area contributed by atoms with Gasteiger partial charge in [0.05, 0.1) is 7.11 Å². The second-order valence-electron chi connectivity index (χ2n) is 4.78. The fraction of sp³-hybridized carbons (Fsp3) is 0.312. The van der Waals surface area contributed by atoms with E-state index in [0.717, 1.165) is 17.3 Å². The van der Waals surface area contributed by atoms with Crippen LogP contribution in [-0.2, 0) is 16.0 Å². The quantitative estimate of drug-likeness (QED) is 0.851. The molecular weight excluding hydrogens is 318 g/mol. The standard InChI is InChI=1S/C16H18BrNO2/c1-20-16(19)14(18)8-4-6-12-10-9-11-5-2-3-7-13(11)15(12)17/h2-3,5,7,9-10,14H,4,6,8,18H2,1H3/t14-/m0/s1. The molecule has 1 atom stereocenters. The normalized spacial score (nSPS) is 12.3. The van der Waals surface area contributed by atoms with Crippen molar-refractivity contribution in [2.24, 2.45) is 5.73 Å². The van der Waals surface area contributed by atoms with Crippen molar-refractivity contribution in [3.63, 3.8) is 0 Å². The van der Waals surface area contributed by atoms with E-state index in [1.165, 1.54) is 23.4 Å². The maximum Gasteiger partial charge on any atom is 0.322 e. The van der Waals surface area contributed by atoms with E-state index in [9.17, 15) is 4.79 Å². The zero-order chi connectivity index (χ0) is 14.5. The average Bonchev–Trinajstić information content (AvgIpc) is 2.48. The summed E-state index contributed by atoms with van der Waals surface area (Å²) in [7, 11) is 1.36. The Balaban J connectivity index is 2.03. The van der Waals surface area contributed by atoms with Crippen LogP contribution in [0.15, 0.2) is 40.9 Å². The van der Waals surface area contributed by atoms with Crippen LogP contribution in [0.2, 0.25) is 0 Å². The van der Waals surface area contributed by atoms with Crippen LogP contribution in [-0.4, -0.2) is 19.1 Å². The van der Waals surface area contributed by atoms with Gasteiger partial charge in [-0.15, -0.1) is 0 Å². The van der Waals surface area contributed by atoms with Gasteiger partial charge >= 0.3 is 5.97 Å². The van der Waals surface area contributed by atoms with Crippen LogP contribution in [0.5, 0.6) is 0 Å². The molecule has 0 saturated heterocycles. The summed E-state index contributed by atoms with van der Waals surface area (Å²) < 4.78 is 5.75. The van der Waals surface area contributed by atoms with Gasteiger partial charge in [-0.1, -0.05) is 36.4 Å². The molecule has 2 rings (SSSR count). The first-order valence-electron chi connectivity index (χ1n) is 6.63. The van der Waals surface area contributed by atoms with Gasteiger partial charge < -0.3 is 10.5 Å². The van der Waals surface area contributed by atoms with Gasteiger partial charge in [-0.25, -0.2) is 0 Å². The van der Waals surface area contributed by atoms with Crippen molar-refractivity contribution in [3.8, 4) is 0 Å². The Labute approximate surface area is 127 Å². The van der Waals surface area contributed by atoms with Crippen LogP contribution in [0.25, 0.3) is 10.8 Å². The monoisotopic (exact) mass is 335 g/mol. The first-order chi connectivity index (χ1) is 9.63. The third kappa shape index (κ3) is 3.38. The van der Waals surface area contributed by atoms with Crippen molar-refractivity contribution in [2.75, 3.05) is 7.11 Å². The van der Waals surface area contributed by atoms with Crippen LogP contribution in [0.1, 0.15) is 18.4 Å². The molecule has 0 bridgehead atoms. The first kappa shape index (κ1) is 15.0. The third-order valence-electron chi connectivity index (χ3n) is 3.41.